The monoisotopic (exact) mass is 259 g/mol. The smallest absolute Gasteiger partial charge is 0.224 e. The molecule has 0 heterocycles. The lowest BCUT2D eigenvalue weighted by molar-refractivity contribution is -0.116. The standard InChI is InChI=1S/C15H21N3O/c1-12(2)17-11-3-4-15(19)18-14-7-5-13(6-8-14)9-10-16/h5-8,12,17H,3-4,9,11H2,1-2H3,(H,18,19). The van der Waals surface area contributed by atoms with E-state index in [4.69, 9.17) is 5.26 Å². The lowest BCUT2D eigenvalue weighted by Gasteiger charge is -2.08. The van der Waals surface area contributed by atoms with Crippen LogP contribution in [0.4, 0.5) is 5.69 Å². The number of anilines is 1. The molecule has 1 rings (SSSR count). The second-order valence-corrected chi connectivity index (χ2v) is 4.79. The van der Waals surface area contributed by atoms with Crippen molar-refractivity contribution in [2.24, 2.45) is 0 Å². The molecule has 0 aliphatic rings. The molecule has 1 amide bonds. The minimum absolute atomic E-state index is 0.0265. The van der Waals surface area contributed by atoms with Gasteiger partial charge in [0.1, 0.15) is 0 Å². The van der Waals surface area contributed by atoms with E-state index < -0.39 is 0 Å². The quantitative estimate of drug-likeness (QED) is 0.739. The highest BCUT2D eigenvalue weighted by molar-refractivity contribution is 5.90. The summed E-state index contributed by atoms with van der Waals surface area (Å²) in [5, 5.41) is 14.7. The van der Waals surface area contributed by atoms with Gasteiger partial charge in [-0.15, -0.1) is 0 Å². The Labute approximate surface area is 114 Å². The van der Waals surface area contributed by atoms with Crippen LogP contribution in [0, 0.1) is 11.3 Å². The lowest BCUT2D eigenvalue weighted by Crippen LogP contribution is -2.24. The summed E-state index contributed by atoms with van der Waals surface area (Å²) < 4.78 is 0. The van der Waals surface area contributed by atoms with Crippen molar-refractivity contribution in [3.05, 3.63) is 29.8 Å². The van der Waals surface area contributed by atoms with E-state index in [0.717, 1.165) is 24.2 Å². The maximum atomic E-state index is 11.7. The first-order valence-corrected chi connectivity index (χ1v) is 6.61. The highest BCUT2D eigenvalue weighted by atomic mass is 16.1. The summed E-state index contributed by atoms with van der Waals surface area (Å²) in [4.78, 5) is 11.7. The number of rotatable bonds is 7. The van der Waals surface area contributed by atoms with Gasteiger partial charge >= 0.3 is 0 Å². The number of carbonyl (C=O) groups excluding carboxylic acids is 1. The van der Waals surface area contributed by atoms with Gasteiger partial charge in [-0.05, 0) is 30.7 Å². The zero-order chi connectivity index (χ0) is 14.1. The lowest BCUT2D eigenvalue weighted by atomic mass is 10.1. The number of nitrogens with one attached hydrogen (secondary N) is 2. The van der Waals surface area contributed by atoms with Gasteiger partial charge in [0.05, 0.1) is 12.5 Å². The summed E-state index contributed by atoms with van der Waals surface area (Å²) in [5.41, 5.74) is 1.74. The number of benzene rings is 1. The predicted molar refractivity (Wildman–Crippen MR) is 76.8 cm³/mol. The number of nitriles is 1. The number of amides is 1. The van der Waals surface area contributed by atoms with Gasteiger partial charge in [0.25, 0.3) is 0 Å². The van der Waals surface area contributed by atoms with E-state index in [0.29, 0.717) is 18.9 Å². The number of hydrogen-bond acceptors (Lipinski definition) is 3. The number of hydrogen-bond donors (Lipinski definition) is 2. The summed E-state index contributed by atoms with van der Waals surface area (Å²) in [7, 11) is 0. The van der Waals surface area contributed by atoms with Crippen LogP contribution >= 0.6 is 0 Å². The minimum Gasteiger partial charge on any atom is -0.326 e. The Hall–Kier alpha value is -1.86. The molecule has 4 nitrogen and oxygen atoms in total. The normalized spacial score (nSPS) is 10.2. The minimum atomic E-state index is 0.0265. The molecule has 0 radical (unpaired) electrons. The zero-order valence-corrected chi connectivity index (χ0v) is 11.6. The molecule has 1 aromatic rings. The van der Waals surface area contributed by atoms with Gasteiger partial charge in [-0.2, -0.15) is 5.26 Å². The average molecular weight is 259 g/mol. The average Bonchev–Trinajstić information content (AvgIpc) is 2.37. The molecule has 0 saturated heterocycles. The third-order valence-corrected chi connectivity index (χ3v) is 2.65. The Morgan fingerprint density at radius 2 is 2.00 bits per heavy atom. The van der Waals surface area contributed by atoms with E-state index in [-0.39, 0.29) is 5.91 Å². The maximum absolute atomic E-state index is 11.7. The van der Waals surface area contributed by atoms with E-state index in [2.05, 4.69) is 30.6 Å². The summed E-state index contributed by atoms with van der Waals surface area (Å²) in [6.07, 6.45) is 1.74. The van der Waals surface area contributed by atoms with Gasteiger partial charge in [-0.1, -0.05) is 26.0 Å². The van der Waals surface area contributed by atoms with Crippen LogP contribution < -0.4 is 10.6 Å². The first-order valence-electron chi connectivity index (χ1n) is 6.61. The van der Waals surface area contributed by atoms with Gasteiger partial charge in [-0.3, -0.25) is 4.79 Å². The molecule has 0 fully saturated rings. The Morgan fingerprint density at radius 3 is 2.58 bits per heavy atom. The van der Waals surface area contributed by atoms with E-state index in [1.807, 2.05) is 24.3 Å². The highest BCUT2D eigenvalue weighted by Crippen LogP contribution is 2.10. The molecule has 4 heteroatoms. The van der Waals surface area contributed by atoms with E-state index in [1.165, 1.54) is 0 Å². The Kier molecular flexibility index (Phi) is 6.62. The molecule has 2 N–H and O–H groups in total. The first-order chi connectivity index (χ1) is 9.11. The Morgan fingerprint density at radius 1 is 1.32 bits per heavy atom. The van der Waals surface area contributed by atoms with Crippen molar-refractivity contribution < 1.29 is 4.79 Å². The van der Waals surface area contributed by atoms with Crippen molar-refractivity contribution in [2.75, 3.05) is 11.9 Å². The van der Waals surface area contributed by atoms with Gasteiger partial charge in [0, 0.05) is 18.2 Å². The fourth-order valence-corrected chi connectivity index (χ4v) is 1.66. The molecule has 0 atom stereocenters. The van der Waals surface area contributed by atoms with Crippen LogP contribution in [0.5, 0.6) is 0 Å². The second kappa shape index (κ2) is 8.28. The largest absolute Gasteiger partial charge is 0.326 e. The molecule has 102 valence electrons. The molecular formula is C15H21N3O. The van der Waals surface area contributed by atoms with E-state index in [9.17, 15) is 4.79 Å². The van der Waals surface area contributed by atoms with Gasteiger partial charge in [0.15, 0.2) is 0 Å². The van der Waals surface area contributed by atoms with Crippen molar-refractivity contribution >= 4 is 11.6 Å². The first kappa shape index (κ1) is 15.2. The van der Waals surface area contributed by atoms with Gasteiger partial charge in [-0.25, -0.2) is 0 Å². The maximum Gasteiger partial charge on any atom is 0.224 e. The SMILES string of the molecule is CC(C)NCCCC(=O)Nc1ccc(CC#N)cc1. The summed E-state index contributed by atoms with van der Waals surface area (Å²) in [6.45, 7) is 5.03. The van der Waals surface area contributed by atoms with Crippen LogP contribution in [0.1, 0.15) is 32.3 Å². The molecule has 0 aliphatic carbocycles. The summed E-state index contributed by atoms with van der Waals surface area (Å²) in [5.74, 6) is 0.0265. The molecule has 0 aromatic heterocycles. The zero-order valence-electron chi connectivity index (χ0n) is 11.6. The van der Waals surface area contributed by atoms with Crippen molar-refractivity contribution in [2.45, 2.75) is 39.2 Å². The third-order valence-electron chi connectivity index (χ3n) is 2.65. The van der Waals surface area contributed by atoms with Gasteiger partial charge in [0.2, 0.25) is 5.91 Å². The van der Waals surface area contributed by atoms with Crippen LogP contribution in [0.2, 0.25) is 0 Å². The van der Waals surface area contributed by atoms with Crippen LogP contribution in [0.15, 0.2) is 24.3 Å². The Balaban J connectivity index is 2.30. The molecule has 0 saturated carbocycles. The van der Waals surface area contributed by atoms with Gasteiger partial charge < -0.3 is 10.6 Å². The molecular weight excluding hydrogens is 238 g/mol. The van der Waals surface area contributed by atoms with Crippen LogP contribution in [-0.4, -0.2) is 18.5 Å². The fourth-order valence-electron chi connectivity index (χ4n) is 1.66. The number of carbonyl (C=O) groups is 1. The van der Waals surface area contributed by atoms with Crippen LogP contribution in [-0.2, 0) is 11.2 Å². The third kappa shape index (κ3) is 6.58. The van der Waals surface area contributed by atoms with Crippen molar-refractivity contribution in [1.82, 2.24) is 5.32 Å². The van der Waals surface area contributed by atoms with Crippen molar-refractivity contribution in [1.29, 1.82) is 5.26 Å². The van der Waals surface area contributed by atoms with Crippen molar-refractivity contribution in [3.8, 4) is 6.07 Å². The summed E-state index contributed by atoms with van der Waals surface area (Å²) in [6, 6.07) is 9.93. The molecule has 0 unspecified atom stereocenters. The molecule has 0 bridgehead atoms. The predicted octanol–water partition coefficient (Wildman–Crippen LogP) is 2.47. The van der Waals surface area contributed by atoms with Crippen LogP contribution in [0.25, 0.3) is 0 Å². The van der Waals surface area contributed by atoms with Crippen molar-refractivity contribution in [3.63, 3.8) is 0 Å². The topological polar surface area (TPSA) is 64.9 Å². The molecule has 0 spiro atoms. The fraction of sp³-hybridized carbons (Fsp3) is 0.467. The molecule has 1 aromatic carbocycles. The Bertz CT molecular complexity index is 432. The van der Waals surface area contributed by atoms with E-state index >= 15 is 0 Å². The highest BCUT2D eigenvalue weighted by Gasteiger charge is 2.02. The molecule has 19 heavy (non-hydrogen) atoms. The molecule has 0 aliphatic heterocycles. The van der Waals surface area contributed by atoms with E-state index in [1.54, 1.807) is 0 Å². The number of nitrogens with zero attached hydrogens (tertiary/aromatic N) is 1. The summed E-state index contributed by atoms with van der Waals surface area (Å²) >= 11 is 0. The second-order valence-electron chi connectivity index (χ2n) is 4.79. The van der Waals surface area contributed by atoms with Crippen LogP contribution in [0.3, 0.4) is 0 Å².